The highest BCUT2D eigenvalue weighted by Gasteiger charge is 2.23. The zero-order chi connectivity index (χ0) is 12.4. The van der Waals surface area contributed by atoms with Gasteiger partial charge in [-0.1, -0.05) is 12.8 Å². The predicted octanol–water partition coefficient (Wildman–Crippen LogP) is 3.17. The molecule has 1 aliphatic carbocycles. The van der Waals surface area contributed by atoms with Gasteiger partial charge in [-0.3, -0.25) is 4.98 Å². The summed E-state index contributed by atoms with van der Waals surface area (Å²) in [7, 11) is 0. The molecule has 1 heterocycles. The maximum absolute atomic E-state index is 9.17. The van der Waals surface area contributed by atoms with Crippen molar-refractivity contribution in [2.24, 2.45) is 5.92 Å². The molecule has 1 saturated carbocycles. The first-order valence-corrected chi connectivity index (χ1v) is 6.25. The van der Waals surface area contributed by atoms with Crippen LogP contribution in [0.1, 0.15) is 43.1 Å². The van der Waals surface area contributed by atoms with Crippen LogP contribution >= 0.6 is 0 Å². The van der Waals surface area contributed by atoms with Gasteiger partial charge in [0, 0.05) is 11.7 Å². The monoisotopic (exact) mass is 229 g/mol. The highest BCUT2D eigenvalue weighted by Crippen LogP contribution is 2.34. The van der Waals surface area contributed by atoms with Gasteiger partial charge in [0.05, 0.1) is 16.9 Å². The zero-order valence-electron chi connectivity index (χ0n) is 10.7. The van der Waals surface area contributed by atoms with E-state index in [-0.39, 0.29) is 0 Å². The number of hydrogen-bond donors (Lipinski definition) is 1. The minimum absolute atomic E-state index is 0.427. The van der Waals surface area contributed by atoms with Crippen LogP contribution in [0.5, 0.6) is 0 Å². The lowest BCUT2D eigenvalue weighted by atomic mass is 10.1. The molecule has 1 aliphatic rings. The molecule has 3 nitrogen and oxygen atoms in total. The van der Waals surface area contributed by atoms with Gasteiger partial charge in [-0.25, -0.2) is 0 Å². The van der Waals surface area contributed by atoms with Gasteiger partial charge in [0.2, 0.25) is 0 Å². The Hall–Kier alpha value is -1.56. The van der Waals surface area contributed by atoms with Crippen molar-refractivity contribution in [1.29, 1.82) is 5.26 Å². The largest absolute Gasteiger partial charge is 0.381 e. The molecule has 1 aromatic rings. The average Bonchev–Trinajstić information content (AvgIpc) is 3.00. The molecule has 17 heavy (non-hydrogen) atoms. The fourth-order valence-electron chi connectivity index (χ4n) is 2.26. The summed E-state index contributed by atoms with van der Waals surface area (Å²) in [5, 5.41) is 12.6. The summed E-state index contributed by atoms with van der Waals surface area (Å²) in [4.78, 5) is 4.32. The summed E-state index contributed by atoms with van der Waals surface area (Å²) in [5.74, 6) is 0.895. The Morgan fingerprint density at radius 2 is 2.24 bits per heavy atom. The standard InChI is InChI=1S/C14H19N3/c1-9(6-12-4-5-12)17-14-7-10(2)16-11(3)13(14)8-15/h7,9,12H,4-6H2,1-3H3,(H,16,17). The van der Waals surface area contributed by atoms with Crippen molar-refractivity contribution >= 4 is 5.69 Å². The van der Waals surface area contributed by atoms with Gasteiger partial charge in [0.25, 0.3) is 0 Å². The number of hydrogen-bond acceptors (Lipinski definition) is 3. The van der Waals surface area contributed by atoms with Gasteiger partial charge in [0.15, 0.2) is 0 Å². The molecule has 1 N–H and O–H groups in total. The number of aromatic nitrogens is 1. The lowest BCUT2D eigenvalue weighted by molar-refractivity contribution is 0.642. The smallest absolute Gasteiger partial charge is 0.103 e. The molecule has 0 aliphatic heterocycles. The quantitative estimate of drug-likeness (QED) is 0.862. The van der Waals surface area contributed by atoms with Gasteiger partial charge in [-0.15, -0.1) is 0 Å². The Morgan fingerprint density at radius 3 is 2.82 bits per heavy atom. The molecule has 90 valence electrons. The fraction of sp³-hybridized carbons (Fsp3) is 0.571. The van der Waals surface area contributed by atoms with E-state index in [0.717, 1.165) is 23.0 Å². The van der Waals surface area contributed by atoms with Gasteiger partial charge >= 0.3 is 0 Å². The number of nitrogens with one attached hydrogen (secondary N) is 1. The van der Waals surface area contributed by atoms with Crippen LogP contribution in [0.4, 0.5) is 5.69 Å². The van der Waals surface area contributed by atoms with Crippen LogP contribution in [0.15, 0.2) is 6.07 Å². The first-order valence-electron chi connectivity index (χ1n) is 6.25. The van der Waals surface area contributed by atoms with Crippen LogP contribution in [0.25, 0.3) is 0 Å². The van der Waals surface area contributed by atoms with Crippen molar-refractivity contribution in [2.75, 3.05) is 5.32 Å². The molecule has 0 amide bonds. The molecular formula is C14H19N3. The third-order valence-electron chi connectivity index (χ3n) is 3.23. The number of aryl methyl sites for hydroxylation is 2. The summed E-state index contributed by atoms with van der Waals surface area (Å²) >= 11 is 0. The van der Waals surface area contributed by atoms with E-state index in [4.69, 9.17) is 5.26 Å². The van der Waals surface area contributed by atoms with Gasteiger partial charge in [-0.05, 0) is 39.2 Å². The molecule has 1 atom stereocenters. The van der Waals surface area contributed by atoms with Crippen LogP contribution in [-0.2, 0) is 0 Å². The van der Waals surface area contributed by atoms with Crippen LogP contribution in [0.3, 0.4) is 0 Å². The minimum Gasteiger partial charge on any atom is -0.381 e. The SMILES string of the molecule is Cc1cc(NC(C)CC2CC2)c(C#N)c(C)n1. The van der Waals surface area contributed by atoms with Crippen LogP contribution in [0, 0.1) is 31.1 Å². The number of anilines is 1. The van der Waals surface area contributed by atoms with Gasteiger partial charge < -0.3 is 5.32 Å². The van der Waals surface area contributed by atoms with Crippen molar-refractivity contribution in [3.63, 3.8) is 0 Å². The second-order valence-electron chi connectivity index (χ2n) is 5.11. The fourth-order valence-corrected chi connectivity index (χ4v) is 2.26. The van der Waals surface area contributed by atoms with Crippen molar-refractivity contribution in [1.82, 2.24) is 4.98 Å². The van der Waals surface area contributed by atoms with E-state index in [2.05, 4.69) is 23.3 Å². The maximum Gasteiger partial charge on any atom is 0.103 e. The van der Waals surface area contributed by atoms with Crippen LogP contribution in [0.2, 0.25) is 0 Å². The second kappa shape index (κ2) is 4.75. The number of rotatable bonds is 4. The van der Waals surface area contributed by atoms with Crippen molar-refractivity contribution < 1.29 is 0 Å². The zero-order valence-corrected chi connectivity index (χ0v) is 10.7. The van der Waals surface area contributed by atoms with E-state index in [1.54, 1.807) is 0 Å². The minimum atomic E-state index is 0.427. The molecule has 1 aromatic heterocycles. The Morgan fingerprint density at radius 1 is 1.53 bits per heavy atom. The molecule has 0 aromatic carbocycles. The van der Waals surface area contributed by atoms with Crippen molar-refractivity contribution in [3.05, 3.63) is 23.0 Å². The van der Waals surface area contributed by atoms with Crippen molar-refractivity contribution in [2.45, 2.75) is 46.1 Å². The average molecular weight is 229 g/mol. The Kier molecular flexibility index (Phi) is 3.33. The molecule has 0 saturated heterocycles. The normalized spacial score (nSPS) is 16.4. The van der Waals surface area contributed by atoms with Gasteiger partial charge in [-0.2, -0.15) is 5.26 Å². The van der Waals surface area contributed by atoms with E-state index in [1.807, 2.05) is 19.9 Å². The third-order valence-corrected chi connectivity index (χ3v) is 3.23. The molecule has 0 radical (unpaired) electrons. The molecule has 2 rings (SSSR count). The van der Waals surface area contributed by atoms with E-state index in [9.17, 15) is 0 Å². The summed E-state index contributed by atoms with van der Waals surface area (Å²) in [5.41, 5.74) is 3.39. The van der Waals surface area contributed by atoms with Crippen LogP contribution in [-0.4, -0.2) is 11.0 Å². The molecular weight excluding hydrogens is 210 g/mol. The molecule has 1 fully saturated rings. The van der Waals surface area contributed by atoms with E-state index in [1.165, 1.54) is 19.3 Å². The van der Waals surface area contributed by atoms with E-state index in [0.29, 0.717) is 11.6 Å². The highest BCUT2D eigenvalue weighted by atomic mass is 14.9. The molecule has 1 unspecified atom stereocenters. The molecule has 0 bridgehead atoms. The second-order valence-corrected chi connectivity index (χ2v) is 5.11. The predicted molar refractivity (Wildman–Crippen MR) is 68.9 cm³/mol. The van der Waals surface area contributed by atoms with E-state index >= 15 is 0 Å². The highest BCUT2D eigenvalue weighted by molar-refractivity contribution is 5.60. The van der Waals surface area contributed by atoms with Crippen LogP contribution < -0.4 is 5.32 Å². The summed E-state index contributed by atoms with van der Waals surface area (Å²) < 4.78 is 0. The Bertz CT molecular complexity index is 455. The first kappa shape index (κ1) is 11.9. The Balaban J connectivity index is 2.15. The number of nitrogens with zero attached hydrogens (tertiary/aromatic N) is 2. The van der Waals surface area contributed by atoms with Gasteiger partial charge in [0.1, 0.15) is 6.07 Å². The lowest BCUT2D eigenvalue weighted by Gasteiger charge is -2.17. The summed E-state index contributed by atoms with van der Waals surface area (Å²) in [6, 6.07) is 4.63. The van der Waals surface area contributed by atoms with Crippen molar-refractivity contribution in [3.8, 4) is 6.07 Å². The molecule has 0 spiro atoms. The third kappa shape index (κ3) is 2.97. The number of pyridine rings is 1. The lowest BCUT2D eigenvalue weighted by Crippen LogP contribution is -2.17. The maximum atomic E-state index is 9.17. The summed E-state index contributed by atoms with van der Waals surface area (Å²) in [6.45, 7) is 6.04. The molecule has 3 heteroatoms. The number of nitriles is 1. The van der Waals surface area contributed by atoms with E-state index < -0.39 is 0 Å². The topological polar surface area (TPSA) is 48.7 Å². The first-order chi connectivity index (χ1) is 8.10. The summed E-state index contributed by atoms with van der Waals surface area (Å²) in [6.07, 6.45) is 3.93. The Labute approximate surface area is 103 Å².